The van der Waals surface area contributed by atoms with Crippen molar-refractivity contribution in [1.29, 1.82) is 0 Å². The van der Waals surface area contributed by atoms with E-state index in [1.807, 2.05) is 37.4 Å². The van der Waals surface area contributed by atoms with Gasteiger partial charge in [0.1, 0.15) is 23.6 Å². The SMILES string of the molecule is C.C[n+]1c(N=Nc2ccc3c(c2)OCCN3)sc2ccccc21. The molecule has 0 unspecified atom stereocenters. The maximum atomic E-state index is 5.62. The second kappa shape index (κ2) is 6.34. The average Bonchev–Trinajstić information content (AvgIpc) is 2.89. The number of anilines is 1. The lowest BCUT2D eigenvalue weighted by molar-refractivity contribution is -0.627. The number of ether oxygens (including phenoxy) is 1. The Bertz CT molecular complexity index is 872. The van der Waals surface area contributed by atoms with Crippen LogP contribution in [0.15, 0.2) is 52.7 Å². The zero-order valence-electron chi connectivity index (χ0n) is 12.1. The van der Waals surface area contributed by atoms with Gasteiger partial charge in [-0.25, -0.2) is 4.57 Å². The summed E-state index contributed by atoms with van der Waals surface area (Å²) >= 11 is 1.63. The number of para-hydroxylation sites is 1. The summed E-state index contributed by atoms with van der Waals surface area (Å²) in [6, 6.07) is 14.1. The maximum absolute atomic E-state index is 5.62. The molecule has 0 saturated carbocycles. The molecule has 1 aliphatic rings. The predicted octanol–water partition coefficient (Wildman–Crippen LogP) is 4.58. The van der Waals surface area contributed by atoms with Crippen LogP contribution in [0, 0.1) is 0 Å². The number of aryl methyl sites for hydroxylation is 1. The Labute approximate surface area is 139 Å². The predicted molar refractivity (Wildman–Crippen MR) is 94.3 cm³/mol. The van der Waals surface area contributed by atoms with E-state index in [-0.39, 0.29) is 7.43 Å². The molecule has 0 amide bonds. The molecule has 1 aliphatic heterocycles. The van der Waals surface area contributed by atoms with Crippen LogP contribution in [0.25, 0.3) is 10.2 Å². The molecule has 4 rings (SSSR count). The summed E-state index contributed by atoms with van der Waals surface area (Å²) < 4.78 is 8.88. The Hall–Kier alpha value is -2.47. The third-order valence-corrected chi connectivity index (χ3v) is 4.71. The third-order valence-electron chi connectivity index (χ3n) is 3.61. The number of rotatable bonds is 2. The van der Waals surface area contributed by atoms with Crippen molar-refractivity contribution in [2.24, 2.45) is 17.3 Å². The summed E-state index contributed by atoms with van der Waals surface area (Å²) in [5, 5.41) is 12.9. The normalized spacial score (nSPS) is 13.3. The van der Waals surface area contributed by atoms with Crippen molar-refractivity contribution < 1.29 is 9.30 Å². The maximum Gasteiger partial charge on any atom is 0.409 e. The van der Waals surface area contributed by atoms with Gasteiger partial charge in [-0.15, -0.1) is 0 Å². The lowest BCUT2D eigenvalue weighted by Crippen LogP contribution is -2.25. The molecular weight excluding hydrogens is 308 g/mol. The monoisotopic (exact) mass is 327 g/mol. The van der Waals surface area contributed by atoms with Crippen LogP contribution in [0.2, 0.25) is 0 Å². The number of benzene rings is 2. The standard InChI is InChI=1S/C16H14N4OS.CH4/c1-20-13-4-2-3-5-15(13)22-16(20)19-18-11-6-7-12-14(10-11)21-9-8-17-12;/h2-7,10H,8-9H2,1H3;1H4/p+1. The molecule has 6 heteroatoms. The number of fused-ring (bicyclic) bond motifs is 2. The topological polar surface area (TPSA) is 49.9 Å². The minimum absolute atomic E-state index is 0. The highest BCUT2D eigenvalue weighted by atomic mass is 32.1. The third kappa shape index (κ3) is 2.90. The van der Waals surface area contributed by atoms with Gasteiger partial charge in [0.25, 0.3) is 0 Å². The first-order chi connectivity index (χ1) is 10.8. The Morgan fingerprint density at radius 2 is 2.04 bits per heavy atom. The van der Waals surface area contributed by atoms with Gasteiger partial charge in [-0.2, -0.15) is 0 Å². The smallest absolute Gasteiger partial charge is 0.409 e. The van der Waals surface area contributed by atoms with Gasteiger partial charge in [0, 0.05) is 12.6 Å². The number of aromatic nitrogens is 1. The first-order valence-electron chi connectivity index (χ1n) is 7.11. The second-order valence-electron chi connectivity index (χ2n) is 5.07. The summed E-state index contributed by atoms with van der Waals surface area (Å²) in [5.74, 6) is 0.836. The second-order valence-corrected chi connectivity index (χ2v) is 6.08. The fraction of sp³-hybridized carbons (Fsp3) is 0.235. The van der Waals surface area contributed by atoms with Gasteiger partial charge in [-0.1, -0.05) is 19.6 Å². The van der Waals surface area contributed by atoms with Crippen molar-refractivity contribution in [3.63, 3.8) is 0 Å². The Morgan fingerprint density at radius 3 is 2.91 bits per heavy atom. The van der Waals surface area contributed by atoms with Crippen molar-refractivity contribution in [3.8, 4) is 5.75 Å². The van der Waals surface area contributed by atoms with Crippen LogP contribution in [0.3, 0.4) is 0 Å². The minimum atomic E-state index is 0. The molecule has 1 N–H and O–H groups in total. The van der Waals surface area contributed by atoms with E-state index in [1.54, 1.807) is 11.3 Å². The number of nitrogens with zero attached hydrogens (tertiary/aromatic N) is 3. The summed E-state index contributed by atoms with van der Waals surface area (Å²) in [4.78, 5) is 0. The summed E-state index contributed by atoms with van der Waals surface area (Å²) in [6.07, 6.45) is 0. The molecule has 0 saturated heterocycles. The van der Waals surface area contributed by atoms with Crippen molar-refractivity contribution in [1.82, 2.24) is 0 Å². The zero-order valence-corrected chi connectivity index (χ0v) is 12.9. The lowest BCUT2D eigenvalue weighted by Gasteiger charge is -2.18. The van der Waals surface area contributed by atoms with Crippen LogP contribution < -0.4 is 14.6 Å². The Balaban J connectivity index is 0.00000156. The van der Waals surface area contributed by atoms with Gasteiger partial charge >= 0.3 is 5.13 Å². The van der Waals surface area contributed by atoms with Crippen LogP contribution in [-0.4, -0.2) is 13.2 Å². The fourth-order valence-corrected chi connectivity index (χ4v) is 3.43. The van der Waals surface area contributed by atoms with Gasteiger partial charge in [0.2, 0.25) is 0 Å². The quantitative estimate of drug-likeness (QED) is 0.553. The molecule has 5 nitrogen and oxygen atoms in total. The number of thiazole rings is 1. The van der Waals surface area contributed by atoms with E-state index in [1.165, 1.54) is 10.2 Å². The van der Waals surface area contributed by atoms with E-state index in [9.17, 15) is 0 Å². The molecule has 1 aromatic heterocycles. The van der Waals surface area contributed by atoms with Crippen molar-refractivity contribution in [2.45, 2.75) is 7.43 Å². The van der Waals surface area contributed by atoms with E-state index in [0.29, 0.717) is 6.61 Å². The fourth-order valence-electron chi connectivity index (χ4n) is 2.46. The van der Waals surface area contributed by atoms with E-state index < -0.39 is 0 Å². The molecule has 2 aromatic carbocycles. The van der Waals surface area contributed by atoms with Crippen LogP contribution in [0.5, 0.6) is 5.75 Å². The van der Waals surface area contributed by atoms with E-state index in [4.69, 9.17) is 4.74 Å². The van der Waals surface area contributed by atoms with E-state index >= 15 is 0 Å². The molecule has 0 fully saturated rings. The van der Waals surface area contributed by atoms with Gasteiger partial charge in [-0.05, 0) is 40.7 Å². The number of hydrogen-bond acceptors (Lipinski definition) is 5. The highest BCUT2D eigenvalue weighted by Crippen LogP contribution is 2.33. The summed E-state index contributed by atoms with van der Waals surface area (Å²) in [5.41, 5.74) is 2.97. The molecule has 118 valence electrons. The highest BCUT2D eigenvalue weighted by molar-refractivity contribution is 7.21. The first-order valence-corrected chi connectivity index (χ1v) is 7.93. The van der Waals surface area contributed by atoms with Crippen molar-refractivity contribution in [3.05, 3.63) is 42.5 Å². The molecule has 2 heterocycles. The van der Waals surface area contributed by atoms with E-state index in [2.05, 4.69) is 32.2 Å². The molecular formula is C17H19N4OS+. The first kappa shape index (κ1) is 15.4. The zero-order chi connectivity index (χ0) is 14.9. The van der Waals surface area contributed by atoms with Crippen LogP contribution in [0.1, 0.15) is 7.43 Å². The number of hydrogen-bond donors (Lipinski definition) is 1. The van der Waals surface area contributed by atoms with Gasteiger partial charge < -0.3 is 10.1 Å². The van der Waals surface area contributed by atoms with Gasteiger partial charge in [0.15, 0.2) is 0 Å². The average molecular weight is 327 g/mol. The Kier molecular flexibility index (Phi) is 4.25. The van der Waals surface area contributed by atoms with Crippen molar-refractivity contribution in [2.75, 3.05) is 18.5 Å². The molecule has 0 aliphatic carbocycles. The molecule has 0 bridgehead atoms. The highest BCUT2D eigenvalue weighted by Gasteiger charge is 2.16. The molecule has 0 atom stereocenters. The molecule has 0 spiro atoms. The van der Waals surface area contributed by atoms with Gasteiger partial charge in [-0.3, -0.25) is 0 Å². The van der Waals surface area contributed by atoms with Gasteiger partial charge in [0.05, 0.1) is 22.5 Å². The summed E-state index contributed by atoms with van der Waals surface area (Å²) in [6.45, 7) is 1.52. The Morgan fingerprint density at radius 1 is 1.17 bits per heavy atom. The van der Waals surface area contributed by atoms with Crippen LogP contribution >= 0.6 is 11.3 Å². The molecule has 23 heavy (non-hydrogen) atoms. The summed E-state index contributed by atoms with van der Waals surface area (Å²) in [7, 11) is 2.01. The van der Waals surface area contributed by atoms with Crippen molar-refractivity contribution >= 4 is 38.1 Å². The van der Waals surface area contributed by atoms with E-state index in [0.717, 1.165) is 28.8 Å². The van der Waals surface area contributed by atoms with Crippen LogP contribution in [-0.2, 0) is 7.05 Å². The van der Waals surface area contributed by atoms with Crippen LogP contribution in [0.4, 0.5) is 16.5 Å². The minimum Gasteiger partial charge on any atom is -0.490 e. The lowest BCUT2D eigenvalue weighted by atomic mass is 10.2. The largest absolute Gasteiger partial charge is 0.490 e. The number of nitrogens with one attached hydrogen (secondary N) is 1. The number of azo groups is 1. The molecule has 0 radical (unpaired) electrons. The molecule has 3 aromatic rings.